The van der Waals surface area contributed by atoms with Crippen LogP contribution in [-0.2, 0) is 0 Å². The highest BCUT2D eigenvalue weighted by atomic mass is 35.5. The van der Waals surface area contributed by atoms with E-state index in [2.05, 4.69) is 20.6 Å². The summed E-state index contributed by atoms with van der Waals surface area (Å²) < 4.78 is 5.20. The van der Waals surface area contributed by atoms with Gasteiger partial charge in [0.2, 0.25) is 0 Å². The van der Waals surface area contributed by atoms with E-state index in [9.17, 15) is 4.79 Å². The molecule has 0 bridgehead atoms. The van der Waals surface area contributed by atoms with Crippen molar-refractivity contribution in [1.29, 1.82) is 0 Å². The number of hydrogen-bond donors (Lipinski definition) is 2. The summed E-state index contributed by atoms with van der Waals surface area (Å²) in [5.74, 6) is 0.649. The standard InChI is InChI=1S/C18H15ClN4O2/c1-25-16-8-7-12(19)9-14(16)23-18(24)15-10-21-17(11-20-15)22-13-5-3-2-4-6-13/h2-11H,1H3,(H,21,22)(H,23,24). The molecule has 1 heterocycles. The van der Waals surface area contributed by atoms with E-state index in [-0.39, 0.29) is 5.69 Å². The number of nitrogens with one attached hydrogen (secondary N) is 2. The minimum Gasteiger partial charge on any atom is -0.495 e. The Morgan fingerprint density at radius 1 is 1.08 bits per heavy atom. The molecule has 0 unspecified atom stereocenters. The first-order valence-electron chi connectivity index (χ1n) is 7.45. The second kappa shape index (κ2) is 7.63. The van der Waals surface area contributed by atoms with E-state index >= 15 is 0 Å². The first-order valence-corrected chi connectivity index (χ1v) is 7.82. The fourth-order valence-corrected chi connectivity index (χ4v) is 2.32. The van der Waals surface area contributed by atoms with Gasteiger partial charge in [-0.05, 0) is 30.3 Å². The number of anilines is 3. The van der Waals surface area contributed by atoms with Crippen LogP contribution >= 0.6 is 11.6 Å². The Morgan fingerprint density at radius 2 is 1.88 bits per heavy atom. The highest BCUT2D eigenvalue weighted by molar-refractivity contribution is 6.31. The molecule has 7 heteroatoms. The maximum absolute atomic E-state index is 12.3. The smallest absolute Gasteiger partial charge is 0.275 e. The lowest BCUT2D eigenvalue weighted by molar-refractivity contribution is 0.102. The summed E-state index contributed by atoms with van der Waals surface area (Å²) in [5.41, 5.74) is 1.53. The van der Waals surface area contributed by atoms with Crippen LogP contribution in [0.15, 0.2) is 60.9 Å². The molecule has 0 aliphatic carbocycles. The molecule has 0 spiro atoms. The summed E-state index contributed by atoms with van der Waals surface area (Å²) in [6.45, 7) is 0. The van der Waals surface area contributed by atoms with Crippen molar-refractivity contribution in [2.75, 3.05) is 17.7 Å². The van der Waals surface area contributed by atoms with Crippen LogP contribution in [0.1, 0.15) is 10.5 Å². The zero-order valence-electron chi connectivity index (χ0n) is 13.4. The maximum atomic E-state index is 12.3. The number of amides is 1. The third kappa shape index (κ3) is 4.24. The lowest BCUT2D eigenvalue weighted by Gasteiger charge is -2.10. The van der Waals surface area contributed by atoms with Crippen molar-refractivity contribution in [2.24, 2.45) is 0 Å². The van der Waals surface area contributed by atoms with Crippen LogP contribution in [0.2, 0.25) is 5.02 Å². The Labute approximate surface area is 149 Å². The average molecular weight is 355 g/mol. The summed E-state index contributed by atoms with van der Waals surface area (Å²) in [6.07, 6.45) is 2.90. The Hall–Kier alpha value is -3.12. The summed E-state index contributed by atoms with van der Waals surface area (Å²) >= 11 is 5.96. The third-order valence-corrected chi connectivity index (χ3v) is 3.58. The number of halogens is 1. The van der Waals surface area contributed by atoms with Crippen molar-refractivity contribution in [3.05, 3.63) is 71.6 Å². The van der Waals surface area contributed by atoms with Crippen molar-refractivity contribution >= 4 is 34.7 Å². The van der Waals surface area contributed by atoms with Gasteiger partial charge in [-0.25, -0.2) is 9.97 Å². The van der Waals surface area contributed by atoms with Gasteiger partial charge in [0.05, 0.1) is 25.2 Å². The van der Waals surface area contributed by atoms with E-state index in [1.165, 1.54) is 19.5 Å². The molecule has 0 aliphatic heterocycles. The molecule has 0 fully saturated rings. The highest BCUT2D eigenvalue weighted by Gasteiger charge is 2.12. The number of benzene rings is 2. The van der Waals surface area contributed by atoms with Gasteiger partial charge < -0.3 is 15.4 Å². The van der Waals surface area contributed by atoms with Gasteiger partial charge in [0.1, 0.15) is 17.3 Å². The summed E-state index contributed by atoms with van der Waals surface area (Å²) in [7, 11) is 1.52. The van der Waals surface area contributed by atoms with Gasteiger partial charge >= 0.3 is 0 Å². The molecule has 6 nitrogen and oxygen atoms in total. The van der Waals surface area contributed by atoms with Crippen LogP contribution in [0.25, 0.3) is 0 Å². The monoisotopic (exact) mass is 354 g/mol. The molecule has 126 valence electrons. The van der Waals surface area contributed by atoms with Crippen molar-refractivity contribution in [3.8, 4) is 5.75 Å². The zero-order valence-corrected chi connectivity index (χ0v) is 14.1. The lowest BCUT2D eigenvalue weighted by Crippen LogP contribution is -2.15. The maximum Gasteiger partial charge on any atom is 0.275 e. The molecular weight excluding hydrogens is 340 g/mol. The summed E-state index contributed by atoms with van der Waals surface area (Å²) in [6, 6.07) is 14.5. The van der Waals surface area contributed by atoms with Gasteiger partial charge in [-0.1, -0.05) is 29.8 Å². The van der Waals surface area contributed by atoms with E-state index in [0.717, 1.165) is 5.69 Å². The minimum atomic E-state index is -0.403. The number of para-hydroxylation sites is 1. The number of hydrogen-bond acceptors (Lipinski definition) is 5. The Bertz CT molecular complexity index is 870. The van der Waals surface area contributed by atoms with Gasteiger partial charge in [-0.2, -0.15) is 0 Å². The molecule has 25 heavy (non-hydrogen) atoms. The lowest BCUT2D eigenvalue weighted by atomic mass is 10.2. The van der Waals surface area contributed by atoms with Gasteiger partial charge in [0.25, 0.3) is 5.91 Å². The molecule has 2 aromatic carbocycles. The first-order chi connectivity index (χ1) is 12.2. The molecule has 0 saturated carbocycles. The van der Waals surface area contributed by atoms with Gasteiger partial charge in [0.15, 0.2) is 0 Å². The zero-order chi connectivity index (χ0) is 17.6. The van der Waals surface area contributed by atoms with Crippen LogP contribution in [0.4, 0.5) is 17.2 Å². The van der Waals surface area contributed by atoms with Gasteiger partial charge in [0, 0.05) is 10.7 Å². The quantitative estimate of drug-likeness (QED) is 0.720. The summed E-state index contributed by atoms with van der Waals surface area (Å²) in [4.78, 5) is 20.7. The van der Waals surface area contributed by atoms with Crippen molar-refractivity contribution in [1.82, 2.24) is 9.97 Å². The van der Waals surface area contributed by atoms with E-state index in [4.69, 9.17) is 16.3 Å². The van der Waals surface area contributed by atoms with E-state index < -0.39 is 5.91 Å². The molecular formula is C18H15ClN4O2. The molecule has 3 rings (SSSR count). The van der Waals surface area contributed by atoms with E-state index in [1.807, 2.05) is 30.3 Å². The molecule has 1 aromatic heterocycles. The fourth-order valence-electron chi connectivity index (χ4n) is 2.14. The molecule has 1 amide bonds. The van der Waals surface area contributed by atoms with Crippen LogP contribution < -0.4 is 15.4 Å². The van der Waals surface area contributed by atoms with Crippen LogP contribution in [-0.4, -0.2) is 23.0 Å². The first kappa shape index (κ1) is 16.7. The molecule has 3 aromatic rings. The number of nitrogens with zero attached hydrogens (tertiary/aromatic N) is 2. The number of ether oxygens (including phenoxy) is 1. The van der Waals surface area contributed by atoms with Gasteiger partial charge in [-0.15, -0.1) is 0 Å². The minimum absolute atomic E-state index is 0.181. The SMILES string of the molecule is COc1ccc(Cl)cc1NC(=O)c1cnc(Nc2ccccc2)cn1. The highest BCUT2D eigenvalue weighted by Crippen LogP contribution is 2.28. The van der Waals surface area contributed by atoms with Crippen molar-refractivity contribution < 1.29 is 9.53 Å². The topological polar surface area (TPSA) is 76.1 Å². The molecule has 0 aliphatic rings. The number of rotatable bonds is 5. The normalized spacial score (nSPS) is 10.2. The number of aromatic nitrogens is 2. The second-order valence-corrected chi connectivity index (χ2v) is 5.51. The third-order valence-electron chi connectivity index (χ3n) is 3.34. The van der Waals surface area contributed by atoms with Crippen LogP contribution in [0.3, 0.4) is 0 Å². The predicted molar refractivity (Wildman–Crippen MR) is 97.7 cm³/mol. The average Bonchev–Trinajstić information content (AvgIpc) is 2.63. The predicted octanol–water partition coefficient (Wildman–Crippen LogP) is 4.13. The Morgan fingerprint density at radius 3 is 2.56 bits per heavy atom. The molecule has 0 radical (unpaired) electrons. The van der Waals surface area contributed by atoms with Crippen molar-refractivity contribution in [3.63, 3.8) is 0 Å². The number of carbonyl (C=O) groups is 1. The summed E-state index contributed by atoms with van der Waals surface area (Å²) in [5, 5.41) is 6.31. The Balaban J connectivity index is 1.72. The van der Waals surface area contributed by atoms with Gasteiger partial charge in [-0.3, -0.25) is 4.79 Å². The van der Waals surface area contributed by atoms with Crippen molar-refractivity contribution in [2.45, 2.75) is 0 Å². The molecule has 2 N–H and O–H groups in total. The second-order valence-electron chi connectivity index (χ2n) is 5.08. The Kier molecular flexibility index (Phi) is 5.11. The number of carbonyl (C=O) groups excluding carboxylic acids is 1. The van der Waals surface area contributed by atoms with Crippen LogP contribution in [0.5, 0.6) is 5.75 Å². The van der Waals surface area contributed by atoms with E-state index in [1.54, 1.807) is 18.2 Å². The largest absolute Gasteiger partial charge is 0.495 e. The molecule has 0 atom stereocenters. The van der Waals surface area contributed by atoms with Crippen LogP contribution in [0, 0.1) is 0 Å². The molecule has 0 saturated heterocycles. The number of methoxy groups -OCH3 is 1. The van der Waals surface area contributed by atoms with E-state index in [0.29, 0.717) is 22.3 Å². The fraction of sp³-hybridized carbons (Fsp3) is 0.0556.